The zero-order chi connectivity index (χ0) is 6.81. The van der Waals surface area contributed by atoms with Crippen LogP contribution in [0.2, 0.25) is 0 Å². The Bertz CT molecular complexity index is 261. The highest BCUT2D eigenvalue weighted by molar-refractivity contribution is 5.85. The second kappa shape index (κ2) is 2.02. The third-order valence-corrected chi connectivity index (χ3v) is 1.28. The van der Waals surface area contributed by atoms with Gasteiger partial charge < -0.3 is 10.2 Å². The third-order valence-electron chi connectivity index (χ3n) is 1.28. The minimum atomic E-state index is 0.831. The summed E-state index contributed by atoms with van der Waals surface area (Å²) in [7, 11) is 0. The van der Waals surface area contributed by atoms with E-state index in [0.29, 0.717) is 0 Å². The largest absolute Gasteiger partial charge is 0.358 e. The van der Waals surface area contributed by atoms with Crippen molar-refractivity contribution >= 4 is 6.21 Å². The number of hydrogen-bond donors (Lipinski definition) is 1. The van der Waals surface area contributed by atoms with Gasteiger partial charge in [0.05, 0.1) is 11.9 Å². The van der Waals surface area contributed by atoms with E-state index >= 15 is 0 Å². The molecule has 2 heterocycles. The van der Waals surface area contributed by atoms with Crippen molar-refractivity contribution in [1.29, 1.82) is 0 Å². The van der Waals surface area contributed by atoms with Crippen LogP contribution in [0.25, 0.3) is 0 Å². The summed E-state index contributed by atoms with van der Waals surface area (Å²) >= 11 is 0. The molecule has 3 nitrogen and oxygen atoms in total. The molecule has 0 aromatic heterocycles. The molecule has 0 fully saturated rings. The van der Waals surface area contributed by atoms with Crippen molar-refractivity contribution < 1.29 is 4.84 Å². The lowest BCUT2D eigenvalue weighted by Gasteiger charge is -2.11. The maximum absolute atomic E-state index is 4.58. The van der Waals surface area contributed by atoms with Crippen LogP contribution in [0.1, 0.15) is 0 Å². The van der Waals surface area contributed by atoms with Gasteiger partial charge in [0, 0.05) is 11.8 Å². The molecule has 0 aliphatic carbocycles. The number of dihydropyridines is 1. The van der Waals surface area contributed by atoms with Crippen LogP contribution in [-0.4, -0.2) is 6.21 Å². The molecule has 2 aliphatic heterocycles. The quantitative estimate of drug-likeness (QED) is 0.527. The van der Waals surface area contributed by atoms with E-state index in [1.54, 1.807) is 6.21 Å². The summed E-state index contributed by atoms with van der Waals surface area (Å²) < 4.78 is 0. The molecule has 0 bridgehead atoms. The minimum Gasteiger partial charge on any atom is -0.358 e. The van der Waals surface area contributed by atoms with Crippen molar-refractivity contribution in [2.75, 3.05) is 0 Å². The smallest absolute Gasteiger partial charge is 0.229 e. The van der Waals surface area contributed by atoms with Gasteiger partial charge in [0.2, 0.25) is 6.26 Å². The molecule has 0 amide bonds. The highest BCUT2D eigenvalue weighted by Crippen LogP contribution is 2.11. The average Bonchev–Trinajstić information content (AvgIpc) is 2.05. The van der Waals surface area contributed by atoms with Gasteiger partial charge in [-0.05, 0) is 12.2 Å². The van der Waals surface area contributed by atoms with Gasteiger partial charge in [-0.3, -0.25) is 0 Å². The van der Waals surface area contributed by atoms with E-state index in [-0.39, 0.29) is 0 Å². The lowest BCUT2D eigenvalue weighted by Crippen LogP contribution is -2.14. The topological polar surface area (TPSA) is 33.6 Å². The molecule has 0 saturated carbocycles. The molecular formula is C7H5N2O. The molecule has 3 heteroatoms. The number of allylic oxidation sites excluding steroid dienone is 3. The molecule has 1 N–H and O–H groups in total. The monoisotopic (exact) mass is 133 g/mol. The molecule has 0 saturated heterocycles. The number of rotatable bonds is 0. The molecular weight excluding hydrogens is 128 g/mol. The summed E-state index contributed by atoms with van der Waals surface area (Å²) in [6.45, 7) is 0. The van der Waals surface area contributed by atoms with Crippen LogP contribution in [-0.2, 0) is 4.84 Å². The predicted octanol–water partition coefficient (Wildman–Crippen LogP) is 0.690. The highest BCUT2D eigenvalue weighted by atomic mass is 16.6. The van der Waals surface area contributed by atoms with Gasteiger partial charge in [-0.25, -0.2) is 0 Å². The maximum Gasteiger partial charge on any atom is 0.229 e. The fourth-order valence-corrected chi connectivity index (χ4v) is 0.801. The molecule has 2 aliphatic rings. The van der Waals surface area contributed by atoms with Crippen LogP contribution in [0.15, 0.2) is 34.8 Å². The fraction of sp³-hybridized carbons (Fsp3) is 0. The van der Waals surface area contributed by atoms with Gasteiger partial charge in [0.15, 0.2) is 0 Å². The van der Waals surface area contributed by atoms with E-state index in [9.17, 15) is 0 Å². The van der Waals surface area contributed by atoms with Crippen molar-refractivity contribution in [1.82, 2.24) is 5.32 Å². The Morgan fingerprint density at radius 1 is 1.60 bits per heavy atom. The SMILES string of the molecule is [C]1=C2NC=CC=C2C=NO1. The molecule has 10 heavy (non-hydrogen) atoms. The molecule has 2 rings (SSSR count). The first-order chi connectivity index (χ1) is 4.97. The molecule has 0 aromatic rings. The Labute approximate surface area is 58.4 Å². The Balaban J connectivity index is 2.39. The van der Waals surface area contributed by atoms with Gasteiger partial charge >= 0.3 is 0 Å². The van der Waals surface area contributed by atoms with Crippen LogP contribution in [0.5, 0.6) is 0 Å². The standard InChI is InChI=1S/C7H5N2O/c1-2-6-4-9-10-5-7(6)8-3-1/h1-4,8H. The Hall–Kier alpha value is -1.51. The first-order valence-corrected chi connectivity index (χ1v) is 2.93. The van der Waals surface area contributed by atoms with E-state index in [1.165, 1.54) is 0 Å². The lowest BCUT2D eigenvalue weighted by molar-refractivity contribution is 0.239. The van der Waals surface area contributed by atoms with Crippen LogP contribution < -0.4 is 5.32 Å². The molecule has 0 atom stereocenters. The third kappa shape index (κ3) is 0.719. The average molecular weight is 133 g/mol. The number of fused-ring (bicyclic) bond motifs is 1. The summed E-state index contributed by atoms with van der Waals surface area (Å²) in [6.07, 6.45) is 9.90. The van der Waals surface area contributed by atoms with Gasteiger partial charge in [0.25, 0.3) is 0 Å². The number of nitrogens with one attached hydrogen (secondary N) is 1. The minimum absolute atomic E-state index is 0.831. The highest BCUT2D eigenvalue weighted by Gasteiger charge is 2.08. The summed E-state index contributed by atoms with van der Waals surface area (Å²) in [5.41, 5.74) is 1.83. The zero-order valence-corrected chi connectivity index (χ0v) is 5.16. The van der Waals surface area contributed by atoms with E-state index in [1.807, 2.05) is 18.4 Å². The van der Waals surface area contributed by atoms with Crippen molar-refractivity contribution in [3.8, 4) is 0 Å². The summed E-state index contributed by atoms with van der Waals surface area (Å²) in [6, 6.07) is 0. The van der Waals surface area contributed by atoms with Gasteiger partial charge in [-0.15, -0.1) is 0 Å². The second-order valence-electron chi connectivity index (χ2n) is 1.93. The van der Waals surface area contributed by atoms with Crippen molar-refractivity contribution in [2.24, 2.45) is 5.16 Å². The Morgan fingerprint density at radius 2 is 2.60 bits per heavy atom. The first kappa shape index (κ1) is 5.29. The van der Waals surface area contributed by atoms with Crippen LogP contribution >= 0.6 is 0 Å². The summed E-state index contributed by atoms with van der Waals surface area (Å²) in [4.78, 5) is 4.58. The summed E-state index contributed by atoms with van der Waals surface area (Å²) in [5.74, 6) is 0. The predicted molar refractivity (Wildman–Crippen MR) is 36.7 cm³/mol. The Morgan fingerprint density at radius 3 is 3.50 bits per heavy atom. The van der Waals surface area contributed by atoms with Crippen LogP contribution in [0.3, 0.4) is 0 Å². The summed E-state index contributed by atoms with van der Waals surface area (Å²) in [5, 5.41) is 6.52. The van der Waals surface area contributed by atoms with E-state index in [0.717, 1.165) is 11.3 Å². The maximum atomic E-state index is 4.58. The van der Waals surface area contributed by atoms with Crippen LogP contribution in [0.4, 0.5) is 0 Å². The molecule has 0 aromatic carbocycles. The van der Waals surface area contributed by atoms with E-state index < -0.39 is 0 Å². The number of oxime groups is 1. The molecule has 49 valence electrons. The van der Waals surface area contributed by atoms with Gasteiger partial charge in [0.1, 0.15) is 0 Å². The zero-order valence-electron chi connectivity index (χ0n) is 5.16. The molecule has 0 spiro atoms. The fourth-order valence-electron chi connectivity index (χ4n) is 0.801. The Kier molecular flexibility index (Phi) is 1.07. The number of hydrogen-bond acceptors (Lipinski definition) is 3. The van der Waals surface area contributed by atoms with Crippen molar-refractivity contribution in [3.63, 3.8) is 0 Å². The lowest BCUT2D eigenvalue weighted by atomic mass is 10.1. The van der Waals surface area contributed by atoms with Gasteiger partial charge in [-0.2, -0.15) is 0 Å². The number of nitrogens with zero attached hydrogens (tertiary/aromatic N) is 1. The first-order valence-electron chi connectivity index (χ1n) is 2.93. The molecule has 0 unspecified atom stereocenters. The van der Waals surface area contributed by atoms with E-state index in [2.05, 4.69) is 21.6 Å². The van der Waals surface area contributed by atoms with Crippen molar-refractivity contribution in [2.45, 2.75) is 0 Å². The molecule has 1 radical (unpaired) electrons. The van der Waals surface area contributed by atoms with Gasteiger partial charge in [-0.1, -0.05) is 5.16 Å². The normalized spacial score (nSPS) is 20.0. The van der Waals surface area contributed by atoms with E-state index in [4.69, 9.17) is 0 Å². The second-order valence-corrected chi connectivity index (χ2v) is 1.93. The van der Waals surface area contributed by atoms with Crippen molar-refractivity contribution in [3.05, 3.63) is 35.9 Å². The van der Waals surface area contributed by atoms with Crippen LogP contribution in [0, 0.1) is 6.26 Å².